The normalized spacial score (nSPS) is 18.6. The maximum Gasteiger partial charge on any atom is 0.241 e. The van der Waals surface area contributed by atoms with Gasteiger partial charge in [0.05, 0.1) is 11.9 Å². The number of amides is 1. The van der Waals surface area contributed by atoms with Crippen molar-refractivity contribution in [3.8, 4) is 0 Å². The lowest BCUT2D eigenvalue weighted by atomic mass is 10.1. The van der Waals surface area contributed by atoms with Gasteiger partial charge in [0.1, 0.15) is 6.04 Å². The topological polar surface area (TPSA) is 111 Å². The summed E-state index contributed by atoms with van der Waals surface area (Å²) in [6, 6.07) is 6.53. The van der Waals surface area contributed by atoms with Gasteiger partial charge in [-0.2, -0.15) is 0 Å². The molecule has 0 aliphatic carbocycles. The number of rotatable bonds is 8. The smallest absolute Gasteiger partial charge is 0.241 e. The first-order chi connectivity index (χ1) is 11.9. The van der Waals surface area contributed by atoms with E-state index in [0.717, 1.165) is 24.8 Å². The molecule has 7 nitrogen and oxygen atoms in total. The third-order valence-electron chi connectivity index (χ3n) is 4.19. The highest BCUT2D eigenvalue weighted by molar-refractivity contribution is 7.89. The lowest BCUT2D eigenvalue weighted by Crippen LogP contribution is -2.41. The molecule has 0 aromatic heterocycles. The lowest BCUT2D eigenvalue weighted by molar-refractivity contribution is -0.122. The summed E-state index contributed by atoms with van der Waals surface area (Å²) in [6.45, 7) is 2.92. The Hall–Kier alpha value is -1.19. The summed E-state index contributed by atoms with van der Waals surface area (Å²) in [6.07, 6.45) is 2.88. The van der Waals surface area contributed by atoms with Gasteiger partial charge in [-0.05, 0) is 31.7 Å². The largest absolute Gasteiger partial charge is 0.377 e. The highest BCUT2D eigenvalue weighted by Crippen LogP contribution is 2.12. The summed E-state index contributed by atoms with van der Waals surface area (Å²) in [5.74, 6) is -0.582. The Bertz CT molecular complexity index is 661. The zero-order valence-electron chi connectivity index (χ0n) is 14.9. The summed E-state index contributed by atoms with van der Waals surface area (Å²) in [4.78, 5) is 12.0. The van der Waals surface area contributed by atoms with Gasteiger partial charge in [-0.3, -0.25) is 4.79 Å². The molecule has 9 heteroatoms. The highest BCUT2D eigenvalue weighted by atomic mass is 35.5. The van der Waals surface area contributed by atoms with Crippen LogP contribution < -0.4 is 15.8 Å². The lowest BCUT2D eigenvalue weighted by Gasteiger charge is -2.22. The zero-order valence-corrected chi connectivity index (χ0v) is 16.6. The fourth-order valence-corrected chi connectivity index (χ4v) is 3.56. The zero-order chi connectivity index (χ0) is 18.3. The van der Waals surface area contributed by atoms with Crippen LogP contribution in [-0.4, -0.2) is 45.9 Å². The van der Waals surface area contributed by atoms with Crippen molar-refractivity contribution in [1.82, 2.24) is 10.0 Å². The molecule has 1 amide bonds. The van der Waals surface area contributed by atoms with Crippen molar-refractivity contribution in [1.29, 1.82) is 0 Å². The minimum absolute atomic E-state index is 0. The van der Waals surface area contributed by atoms with Crippen molar-refractivity contribution >= 4 is 28.3 Å². The van der Waals surface area contributed by atoms with E-state index in [-0.39, 0.29) is 37.4 Å². The van der Waals surface area contributed by atoms with Crippen LogP contribution in [0.2, 0.25) is 0 Å². The third-order valence-corrected chi connectivity index (χ3v) is 5.54. The summed E-state index contributed by atoms with van der Waals surface area (Å²) in [7, 11) is -3.46. The first-order valence-corrected chi connectivity index (χ1v) is 10.2. The van der Waals surface area contributed by atoms with E-state index in [2.05, 4.69) is 10.0 Å². The minimum atomic E-state index is -3.46. The molecule has 4 N–H and O–H groups in total. The number of nitrogens with one attached hydrogen (secondary N) is 2. The number of nitrogens with two attached hydrogens (primary N) is 1. The number of carbonyl (C=O) groups is 1. The summed E-state index contributed by atoms with van der Waals surface area (Å²) < 4.78 is 32.0. The molecule has 26 heavy (non-hydrogen) atoms. The second-order valence-electron chi connectivity index (χ2n) is 6.34. The van der Waals surface area contributed by atoms with E-state index >= 15 is 0 Å². The molecule has 1 heterocycles. The molecular formula is C17H28ClN3O4S. The summed E-state index contributed by atoms with van der Waals surface area (Å²) >= 11 is 0. The molecule has 0 bridgehead atoms. The Labute approximate surface area is 161 Å². The standard InChI is InChI=1S/C17H27N3O4S.ClH/c1-13-5-7-14(8-6-13)16(18)17(21)19-9-11-25(22,23)20-12-15-4-2-3-10-24-15;/h5-8,15-16,20H,2-4,9-12,18H2,1H3,(H,19,21);1H. The molecule has 0 saturated carbocycles. The number of carbonyl (C=O) groups excluding carboxylic acids is 1. The highest BCUT2D eigenvalue weighted by Gasteiger charge is 2.19. The molecule has 148 valence electrons. The van der Waals surface area contributed by atoms with E-state index in [1.165, 1.54) is 0 Å². The van der Waals surface area contributed by atoms with E-state index in [9.17, 15) is 13.2 Å². The van der Waals surface area contributed by atoms with E-state index in [1.54, 1.807) is 12.1 Å². The van der Waals surface area contributed by atoms with Gasteiger partial charge in [0, 0.05) is 19.7 Å². The van der Waals surface area contributed by atoms with E-state index in [1.807, 2.05) is 19.1 Å². The SMILES string of the molecule is Cc1ccc(C(N)C(=O)NCCS(=O)(=O)NCC2CCCCO2)cc1.Cl. The molecule has 1 aliphatic rings. The van der Waals surface area contributed by atoms with Crippen LogP contribution in [-0.2, 0) is 19.6 Å². The number of sulfonamides is 1. The van der Waals surface area contributed by atoms with E-state index in [4.69, 9.17) is 10.5 Å². The van der Waals surface area contributed by atoms with Gasteiger partial charge in [-0.25, -0.2) is 13.1 Å². The first kappa shape index (κ1) is 22.9. The number of hydrogen-bond donors (Lipinski definition) is 3. The van der Waals surface area contributed by atoms with Crippen molar-refractivity contribution < 1.29 is 17.9 Å². The van der Waals surface area contributed by atoms with Crippen LogP contribution in [0.15, 0.2) is 24.3 Å². The van der Waals surface area contributed by atoms with Crippen LogP contribution in [0.5, 0.6) is 0 Å². The van der Waals surface area contributed by atoms with Crippen molar-refractivity contribution in [2.75, 3.05) is 25.4 Å². The van der Waals surface area contributed by atoms with Crippen LogP contribution >= 0.6 is 12.4 Å². The van der Waals surface area contributed by atoms with Crippen molar-refractivity contribution in [3.05, 3.63) is 35.4 Å². The van der Waals surface area contributed by atoms with Crippen molar-refractivity contribution in [2.45, 2.75) is 38.3 Å². The van der Waals surface area contributed by atoms with Crippen LogP contribution in [0.4, 0.5) is 0 Å². The van der Waals surface area contributed by atoms with Gasteiger partial charge in [-0.1, -0.05) is 29.8 Å². The van der Waals surface area contributed by atoms with Gasteiger partial charge in [0.25, 0.3) is 0 Å². The van der Waals surface area contributed by atoms with Crippen LogP contribution in [0.1, 0.15) is 36.4 Å². The quantitative estimate of drug-likeness (QED) is 0.598. The Balaban J connectivity index is 0.00000338. The molecule has 0 spiro atoms. The number of aryl methyl sites for hydroxylation is 1. The molecule has 1 aromatic rings. The maximum atomic E-state index is 12.0. The average molecular weight is 406 g/mol. The number of halogens is 1. The average Bonchev–Trinajstić information content (AvgIpc) is 2.61. The molecule has 0 radical (unpaired) electrons. The van der Waals surface area contributed by atoms with E-state index < -0.39 is 22.0 Å². The minimum Gasteiger partial charge on any atom is -0.377 e. The predicted octanol–water partition coefficient (Wildman–Crippen LogP) is 1.02. The van der Waals surface area contributed by atoms with E-state index in [0.29, 0.717) is 12.2 Å². The van der Waals surface area contributed by atoms with Crippen molar-refractivity contribution in [3.63, 3.8) is 0 Å². The number of benzene rings is 1. The Kier molecular flexibility index (Phi) is 9.52. The van der Waals surface area contributed by atoms with Crippen LogP contribution in [0, 0.1) is 6.92 Å². The van der Waals surface area contributed by atoms with Gasteiger partial charge < -0.3 is 15.8 Å². The first-order valence-electron chi connectivity index (χ1n) is 8.56. The van der Waals surface area contributed by atoms with Crippen LogP contribution in [0.25, 0.3) is 0 Å². The number of ether oxygens (including phenoxy) is 1. The molecule has 2 rings (SSSR count). The molecule has 2 unspecified atom stereocenters. The Morgan fingerprint density at radius 3 is 2.62 bits per heavy atom. The molecule has 1 aliphatic heterocycles. The Morgan fingerprint density at radius 1 is 1.31 bits per heavy atom. The fourth-order valence-electron chi connectivity index (χ4n) is 2.60. The fraction of sp³-hybridized carbons (Fsp3) is 0.588. The van der Waals surface area contributed by atoms with Gasteiger partial charge in [-0.15, -0.1) is 12.4 Å². The van der Waals surface area contributed by atoms with Crippen LogP contribution in [0.3, 0.4) is 0 Å². The second kappa shape index (κ2) is 10.8. The predicted molar refractivity (Wildman–Crippen MR) is 104 cm³/mol. The van der Waals surface area contributed by atoms with Gasteiger partial charge in [0.15, 0.2) is 0 Å². The molecular weight excluding hydrogens is 378 g/mol. The Morgan fingerprint density at radius 2 is 2.00 bits per heavy atom. The van der Waals surface area contributed by atoms with Gasteiger partial charge >= 0.3 is 0 Å². The number of hydrogen-bond acceptors (Lipinski definition) is 5. The monoisotopic (exact) mass is 405 g/mol. The second-order valence-corrected chi connectivity index (χ2v) is 8.26. The molecule has 1 saturated heterocycles. The maximum absolute atomic E-state index is 12.0. The third kappa shape index (κ3) is 7.59. The molecule has 1 aromatic carbocycles. The summed E-state index contributed by atoms with van der Waals surface area (Å²) in [5, 5.41) is 2.58. The molecule has 2 atom stereocenters. The van der Waals surface area contributed by atoms with Crippen molar-refractivity contribution in [2.24, 2.45) is 5.73 Å². The summed E-state index contributed by atoms with van der Waals surface area (Å²) in [5.41, 5.74) is 7.67. The molecule has 1 fully saturated rings. The van der Waals surface area contributed by atoms with Gasteiger partial charge in [0.2, 0.25) is 15.9 Å².